The molecule has 0 aliphatic carbocycles. The summed E-state index contributed by atoms with van der Waals surface area (Å²) in [6.07, 6.45) is 3.48. The first kappa shape index (κ1) is 14.9. The molecule has 4 N–H and O–H groups in total. The van der Waals surface area contributed by atoms with Gasteiger partial charge in [-0.15, -0.1) is 0 Å². The Morgan fingerprint density at radius 2 is 2.12 bits per heavy atom. The fourth-order valence-electron chi connectivity index (χ4n) is 2.67. The summed E-state index contributed by atoms with van der Waals surface area (Å²) in [6, 6.07) is 10.8. The molecule has 1 aromatic carbocycles. The lowest BCUT2D eigenvalue weighted by Gasteiger charge is -2.10. The van der Waals surface area contributed by atoms with E-state index in [-0.39, 0.29) is 0 Å². The number of primary amides is 1. The standard InChI is InChI=1S/C17H15N7O/c1-10-8-14(23-22-10)21-17-20-13(9-15-19-6-7-24(15)17)11-4-2-3-5-12(11)16(18)25/h2-9H,1H3,(H2,18,25)(H2,20,21,22,23). The molecule has 4 rings (SSSR count). The number of imidazole rings is 1. The van der Waals surface area contributed by atoms with E-state index >= 15 is 0 Å². The Morgan fingerprint density at radius 1 is 1.28 bits per heavy atom. The van der Waals surface area contributed by atoms with E-state index in [9.17, 15) is 4.79 Å². The van der Waals surface area contributed by atoms with E-state index < -0.39 is 5.91 Å². The minimum absolute atomic E-state index is 0.410. The van der Waals surface area contributed by atoms with Gasteiger partial charge in [0, 0.05) is 41.3 Å². The van der Waals surface area contributed by atoms with Gasteiger partial charge < -0.3 is 11.1 Å². The molecule has 0 spiro atoms. The second kappa shape index (κ2) is 5.75. The molecule has 25 heavy (non-hydrogen) atoms. The van der Waals surface area contributed by atoms with Gasteiger partial charge in [-0.2, -0.15) is 5.10 Å². The van der Waals surface area contributed by atoms with E-state index in [1.807, 2.05) is 31.2 Å². The van der Waals surface area contributed by atoms with Gasteiger partial charge in [-0.3, -0.25) is 14.3 Å². The van der Waals surface area contributed by atoms with E-state index in [1.165, 1.54) is 0 Å². The fourth-order valence-corrected chi connectivity index (χ4v) is 2.67. The van der Waals surface area contributed by atoms with Crippen molar-refractivity contribution in [1.29, 1.82) is 0 Å². The van der Waals surface area contributed by atoms with Crippen LogP contribution in [0.1, 0.15) is 16.1 Å². The van der Waals surface area contributed by atoms with Gasteiger partial charge in [0.1, 0.15) is 5.65 Å². The molecule has 0 saturated carbocycles. The Labute approximate surface area is 142 Å². The maximum absolute atomic E-state index is 11.7. The van der Waals surface area contributed by atoms with Crippen LogP contribution in [-0.4, -0.2) is 30.5 Å². The number of fused-ring (bicyclic) bond motifs is 1. The minimum atomic E-state index is -0.502. The van der Waals surface area contributed by atoms with Crippen molar-refractivity contribution < 1.29 is 4.79 Å². The first-order valence-electron chi connectivity index (χ1n) is 7.64. The molecular formula is C17H15N7O. The molecule has 4 aromatic rings. The molecule has 124 valence electrons. The molecule has 0 aliphatic rings. The van der Waals surface area contributed by atoms with Crippen molar-refractivity contribution in [2.24, 2.45) is 5.73 Å². The van der Waals surface area contributed by atoms with Crippen LogP contribution in [-0.2, 0) is 0 Å². The van der Waals surface area contributed by atoms with Gasteiger partial charge in [-0.25, -0.2) is 9.97 Å². The first-order chi connectivity index (χ1) is 12.1. The molecule has 0 saturated heterocycles. The number of nitrogens with zero attached hydrogens (tertiary/aromatic N) is 4. The predicted octanol–water partition coefficient (Wildman–Crippen LogP) is 2.27. The van der Waals surface area contributed by atoms with Crippen LogP contribution in [0.3, 0.4) is 0 Å². The van der Waals surface area contributed by atoms with Gasteiger partial charge >= 0.3 is 0 Å². The van der Waals surface area contributed by atoms with E-state index in [4.69, 9.17) is 5.73 Å². The Morgan fingerprint density at radius 3 is 2.88 bits per heavy atom. The van der Waals surface area contributed by atoms with E-state index in [0.717, 1.165) is 5.69 Å². The fraction of sp³-hybridized carbons (Fsp3) is 0.0588. The quantitative estimate of drug-likeness (QED) is 0.530. The third-order valence-electron chi connectivity index (χ3n) is 3.80. The maximum atomic E-state index is 11.7. The van der Waals surface area contributed by atoms with Crippen molar-refractivity contribution in [3.8, 4) is 11.3 Å². The zero-order valence-corrected chi connectivity index (χ0v) is 13.4. The van der Waals surface area contributed by atoms with Crippen LogP contribution >= 0.6 is 0 Å². The molecule has 0 radical (unpaired) electrons. The molecule has 8 heteroatoms. The molecule has 0 aliphatic heterocycles. The highest BCUT2D eigenvalue weighted by Gasteiger charge is 2.14. The number of nitrogens with two attached hydrogens (primary N) is 1. The predicted molar refractivity (Wildman–Crippen MR) is 93.5 cm³/mol. The van der Waals surface area contributed by atoms with Gasteiger partial charge in [-0.1, -0.05) is 18.2 Å². The number of nitrogens with one attached hydrogen (secondary N) is 2. The number of aromatic amines is 1. The number of carbonyl (C=O) groups is 1. The SMILES string of the molecule is Cc1cc(Nc2nc(-c3ccccc3C(N)=O)cc3nccn23)n[nH]1. The number of rotatable bonds is 4. The average Bonchev–Trinajstić information content (AvgIpc) is 3.23. The molecule has 0 fully saturated rings. The van der Waals surface area contributed by atoms with Gasteiger partial charge in [0.2, 0.25) is 11.9 Å². The van der Waals surface area contributed by atoms with Crippen molar-refractivity contribution in [2.45, 2.75) is 6.92 Å². The Balaban J connectivity index is 1.87. The van der Waals surface area contributed by atoms with Crippen molar-refractivity contribution in [1.82, 2.24) is 24.6 Å². The van der Waals surface area contributed by atoms with Gasteiger partial charge in [0.25, 0.3) is 0 Å². The molecular weight excluding hydrogens is 318 g/mol. The third kappa shape index (κ3) is 2.69. The average molecular weight is 333 g/mol. The molecule has 3 aromatic heterocycles. The summed E-state index contributed by atoms with van der Waals surface area (Å²) in [4.78, 5) is 20.7. The molecule has 8 nitrogen and oxygen atoms in total. The van der Waals surface area contributed by atoms with Crippen LogP contribution in [0.15, 0.2) is 48.8 Å². The highest BCUT2D eigenvalue weighted by Crippen LogP contribution is 2.25. The zero-order chi connectivity index (χ0) is 17.4. The second-order valence-electron chi connectivity index (χ2n) is 5.59. The Bertz CT molecular complexity index is 1080. The van der Waals surface area contributed by atoms with E-state index in [1.54, 1.807) is 28.9 Å². The summed E-state index contributed by atoms with van der Waals surface area (Å²) in [5.41, 5.74) is 8.78. The number of benzene rings is 1. The lowest BCUT2D eigenvalue weighted by Crippen LogP contribution is -2.13. The zero-order valence-electron chi connectivity index (χ0n) is 13.4. The summed E-state index contributed by atoms with van der Waals surface area (Å²) in [5.74, 6) is 0.675. The largest absolute Gasteiger partial charge is 0.366 e. The molecule has 0 atom stereocenters. The summed E-state index contributed by atoms with van der Waals surface area (Å²) in [5, 5.41) is 10.2. The van der Waals surface area contributed by atoms with Gasteiger partial charge in [0.05, 0.1) is 5.69 Å². The van der Waals surface area contributed by atoms with Crippen LogP contribution < -0.4 is 11.1 Å². The normalized spacial score (nSPS) is 10.9. The summed E-state index contributed by atoms with van der Waals surface area (Å²) in [7, 11) is 0. The molecule has 1 amide bonds. The Hall–Kier alpha value is -3.68. The number of anilines is 2. The third-order valence-corrected chi connectivity index (χ3v) is 3.80. The van der Waals surface area contributed by atoms with Crippen LogP contribution in [0.25, 0.3) is 16.9 Å². The van der Waals surface area contributed by atoms with Crippen molar-refractivity contribution in [3.63, 3.8) is 0 Å². The van der Waals surface area contributed by atoms with Crippen LogP contribution in [0, 0.1) is 6.92 Å². The van der Waals surface area contributed by atoms with E-state index in [2.05, 4.69) is 25.5 Å². The maximum Gasteiger partial charge on any atom is 0.249 e. The monoisotopic (exact) mass is 333 g/mol. The molecule has 0 unspecified atom stereocenters. The highest BCUT2D eigenvalue weighted by atomic mass is 16.1. The lowest BCUT2D eigenvalue weighted by atomic mass is 10.0. The van der Waals surface area contributed by atoms with Crippen molar-refractivity contribution in [2.75, 3.05) is 5.32 Å². The summed E-state index contributed by atoms with van der Waals surface area (Å²) in [6.45, 7) is 1.91. The molecule has 0 bridgehead atoms. The van der Waals surface area contributed by atoms with Gasteiger partial charge in [0.15, 0.2) is 5.82 Å². The number of H-pyrrole nitrogens is 1. The Kier molecular flexibility index (Phi) is 3.42. The number of amides is 1. The summed E-state index contributed by atoms with van der Waals surface area (Å²) >= 11 is 0. The number of aromatic nitrogens is 5. The second-order valence-corrected chi connectivity index (χ2v) is 5.59. The van der Waals surface area contributed by atoms with Crippen LogP contribution in [0.2, 0.25) is 0 Å². The summed E-state index contributed by atoms with van der Waals surface area (Å²) < 4.78 is 1.81. The van der Waals surface area contributed by atoms with Crippen LogP contribution in [0.5, 0.6) is 0 Å². The number of hydrogen-bond acceptors (Lipinski definition) is 5. The number of carbonyl (C=O) groups excluding carboxylic acids is 1. The van der Waals surface area contributed by atoms with Crippen molar-refractivity contribution >= 4 is 23.3 Å². The van der Waals surface area contributed by atoms with Crippen molar-refractivity contribution in [3.05, 3.63) is 60.0 Å². The smallest absolute Gasteiger partial charge is 0.249 e. The van der Waals surface area contributed by atoms with E-state index in [0.29, 0.717) is 34.2 Å². The topological polar surface area (TPSA) is 114 Å². The minimum Gasteiger partial charge on any atom is -0.366 e. The number of hydrogen-bond donors (Lipinski definition) is 3. The van der Waals surface area contributed by atoms with Crippen LogP contribution in [0.4, 0.5) is 11.8 Å². The van der Waals surface area contributed by atoms with Gasteiger partial charge in [-0.05, 0) is 13.0 Å². The highest BCUT2D eigenvalue weighted by molar-refractivity contribution is 5.99. The lowest BCUT2D eigenvalue weighted by molar-refractivity contribution is 0.100. The number of aryl methyl sites for hydroxylation is 1. The first-order valence-corrected chi connectivity index (χ1v) is 7.64. The molecule has 3 heterocycles.